The minimum Gasteiger partial charge on any atom is -0.422 e. The molecular weight excluding hydrogens is 362 g/mol. The minimum absolute atomic E-state index is 0.102. The number of carbonyl (C=O) groups is 1. The average molecular weight is 382 g/mol. The number of amides is 1. The highest BCUT2D eigenvalue weighted by atomic mass is 35.5. The predicted molar refractivity (Wildman–Crippen MR) is 106 cm³/mol. The fourth-order valence-corrected chi connectivity index (χ4v) is 3.84. The number of hydrogen-bond acceptors (Lipinski definition) is 3. The zero-order valence-corrected chi connectivity index (χ0v) is 15.6. The Morgan fingerprint density at radius 3 is 2.67 bits per heavy atom. The van der Waals surface area contributed by atoms with Crippen molar-refractivity contribution in [1.29, 1.82) is 0 Å². The number of nitrogens with zero attached hydrogens (tertiary/aromatic N) is 1. The third-order valence-electron chi connectivity index (χ3n) is 5.17. The van der Waals surface area contributed by atoms with Crippen molar-refractivity contribution < 1.29 is 9.21 Å². The van der Waals surface area contributed by atoms with E-state index in [4.69, 9.17) is 16.0 Å². The monoisotopic (exact) mass is 381 g/mol. The Morgan fingerprint density at radius 2 is 1.85 bits per heavy atom. The molecule has 1 unspecified atom stereocenters. The van der Waals surface area contributed by atoms with Crippen LogP contribution >= 0.6 is 11.6 Å². The van der Waals surface area contributed by atoms with Crippen molar-refractivity contribution in [3.8, 4) is 0 Å². The standard InChI is InChI=1S/C22H20ClNO3/c23-18-10-8-15(9-11-18)17-6-3-4-12-24(14-17)21(25)19-13-16-5-1-2-7-20(16)27-22(19)26/h1-2,5,7-11,13,17H,3-4,6,12,14H2. The number of benzene rings is 2. The second kappa shape index (κ2) is 7.57. The molecule has 1 aliphatic rings. The average Bonchev–Trinajstić information content (AvgIpc) is 2.94. The van der Waals surface area contributed by atoms with Crippen molar-refractivity contribution in [2.75, 3.05) is 13.1 Å². The van der Waals surface area contributed by atoms with Crippen LogP contribution in [0.3, 0.4) is 0 Å². The lowest BCUT2D eigenvalue weighted by atomic mass is 9.94. The van der Waals surface area contributed by atoms with Crippen molar-refractivity contribution in [1.82, 2.24) is 4.90 Å². The molecule has 1 amide bonds. The molecule has 0 spiro atoms. The fraction of sp³-hybridized carbons (Fsp3) is 0.273. The van der Waals surface area contributed by atoms with E-state index < -0.39 is 5.63 Å². The van der Waals surface area contributed by atoms with Crippen LogP contribution in [0.4, 0.5) is 0 Å². The smallest absolute Gasteiger partial charge is 0.349 e. The SMILES string of the molecule is O=C(c1cc2ccccc2oc1=O)N1CCCCC(c2ccc(Cl)cc2)C1. The second-order valence-corrected chi connectivity index (χ2v) is 7.42. The van der Waals surface area contributed by atoms with Gasteiger partial charge in [-0.1, -0.05) is 48.4 Å². The van der Waals surface area contributed by atoms with Crippen LogP contribution in [0, 0.1) is 0 Å². The van der Waals surface area contributed by atoms with E-state index in [2.05, 4.69) is 0 Å². The summed E-state index contributed by atoms with van der Waals surface area (Å²) in [5.41, 5.74) is 1.19. The van der Waals surface area contributed by atoms with Gasteiger partial charge in [0.25, 0.3) is 5.91 Å². The van der Waals surface area contributed by atoms with E-state index >= 15 is 0 Å². The lowest BCUT2D eigenvalue weighted by Gasteiger charge is -2.24. The number of rotatable bonds is 2. The van der Waals surface area contributed by atoms with Crippen LogP contribution in [0.25, 0.3) is 11.0 Å². The Kier molecular flexibility index (Phi) is 4.99. The van der Waals surface area contributed by atoms with Gasteiger partial charge in [0.1, 0.15) is 11.1 Å². The van der Waals surface area contributed by atoms with E-state index in [1.54, 1.807) is 23.1 Å². The summed E-state index contributed by atoms with van der Waals surface area (Å²) in [5, 5.41) is 1.46. The maximum absolute atomic E-state index is 13.1. The van der Waals surface area contributed by atoms with E-state index in [1.165, 1.54) is 5.56 Å². The number of hydrogen-bond donors (Lipinski definition) is 0. The molecular formula is C22H20ClNO3. The van der Waals surface area contributed by atoms with Crippen molar-refractivity contribution in [3.05, 3.63) is 81.2 Å². The van der Waals surface area contributed by atoms with E-state index in [9.17, 15) is 9.59 Å². The molecule has 0 bridgehead atoms. The zero-order chi connectivity index (χ0) is 18.8. The molecule has 1 aliphatic heterocycles. The van der Waals surface area contributed by atoms with Crippen molar-refractivity contribution in [3.63, 3.8) is 0 Å². The van der Waals surface area contributed by atoms with Gasteiger partial charge < -0.3 is 9.32 Å². The first kappa shape index (κ1) is 17.8. The van der Waals surface area contributed by atoms with Crippen molar-refractivity contribution in [2.24, 2.45) is 0 Å². The van der Waals surface area contributed by atoms with Crippen LogP contribution < -0.4 is 5.63 Å². The van der Waals surface area contributed by atoms with Crippen LogP contribution in [0.2, 0.25) is 5.02 Å². The summed E-state index contributed by atoms with van der Waals surface area (Å²) in [6.45, 7) is 1.24. The molecule has 0 N–H and O–H groups in total. The highest BCUT2D eigenvalue weighted by molar-refractivity contribution is 6.30. The second-order valence-electron chi connectivity index (χ2n) is 6.98. The van der Waals surface area contributed by atoms with E-state index in [-0.39, 0.29) is 17.4 Å². The van der Waals surface area contributed by atoms with Crippen molar-refractivity contribution >= 4 is 28.5 Å². The van der Waals surface area contributed by atoms with Crippen LogP contribution in [-0.4, -0.2) is 23.9 Å². The lowest BCUT2D eigenvalue weighted by Crippen LogP contribution is -2.36. The number of para-hydroxylation sites is 1. The molecule has 5 heteroatoms. The Labute approximate surface area is 162 Å². The normalized spacial score (nSPS) is 17.7. The summed E-state index contributed by atoms with van der Waals surface area (Å²) in [6.07, 6.45) is 2.98. The molecule has 1 fully saturated rings. The molecule has 4 rings (SSSR count). The Bertz CT molecular complexity index is 1030. The molecule has 4 nitrogen and oxygen atoms in total. The van der Waals surface area contributed by atoms with Gasteiger partial charge in [-0.25, -0.2) is 4.79 Å². The van der Waals surface area contributed by atoms with Gasteiger partial charge in [0.15, 0.2) is 0 Å². The molecule has 1 saturated heterocycles. The number of likely N-dealkylation sites (tertiary alicyclic amines) is 1. The summed E-state index contributed by atoms with van der Waals surface area (Å²) >= 11 is 6.00. The van der Waals surface area contributed by atoms with Gasteiger partial charge in [-0.05, 0) is 42.7 Å². The van der Waals surface area contributed by atoms with Gasteiger partial charge in [-0.15, -0.1) is 0 Å². The van der Waals surface area contributed by atoms with Crippen LogP contribution in [0.5, 0.6) is 0 Å². The predicted octanol–water partition coefficient (Wildman–Crippen LogP) is 4.86. The van der Waals surface area contributed by atoms with Crippen LogP contribution in [0.15, 0.2) is 63.8 Å². The highest BCUT2D eigenvalue weighted by Crippen LogP contribution is 2.28. The topological polar surface area (TPSA) is 50.5 Å². The van der Waals surface area contributed by atoms with Gasteiger partial charge in [-0.3, -0.25) is 4.79 Å². The third-order valence-corrected chi connectivity index (χ3v) is 5.42. The lowest BCUT2D eigenvalue weighted by molar-refractivity contribution is 0.0750. The largest absolute Gasteiger partial charge is 0.422 e. The van der Waals surface area contributed by atoms with Gasteiger partial charge in [0, 0.05) is 29.4 Å². The summed E-state index contributed by atoms with van der Waals surface area (Å²) in [7, 11) is 0. The van der Waals surface area contributed by atoms with E-state index in [1.807, 2.05) is 36.4 Å². The number of carbonyl (C=O) groups excluding carboxylic acids is 1. The Hall–Kier alpha value is -2.59. The first-order chi connectivity index (χ1) is 13.1. The summed E-state index contributed by atoms with van der Waals surface area (Å²) in [6, 6.07) is 16.7. The molecule has 1 aromatic heterocycles. The number of fused-ring (bicyclic) bond motifs is 1. The molecule has 0 saturated carbocycles. The van der Waals surface area contributed by atoms with E-state index in [0.717, 1.165) is 24.6 Å². The van der Waals surface area contributed by atoms with Gasteiger partial charge >= 0.3 is 5.63 Å². The van der Waals surface area contributed by atoms with Gasteiger partial charge in [-0.2, -0.15) is 0 Å². The highest BCUT2D eigenvalue weighted by Gasteiger charge is 2.26. The van der Waals surface area contributed by atoms with Gasteiger partial charge in [0.2, 0.25) is 0 Å². The molecule has 2 aromatic carbocycles. The first-order valence-corrected chi connectivity index (χ1v) is 9.57. The Morgan fingerprint density at radius 1 is 1.07 bits per heavy atom. The molecule has 27 heavy (non-hydrogen) atoms. The molecule has 1 atom stereocenters. The molecule has 3 aromatic rings. The Balaban J connectivity index is 1.63. The summed E-state index contributed by atoms with van der Waals surface area (Å²) in [4.78, 5) is 27.2. The molecule has 138 valence electrons. The van der Waals surface area contributed by atoms with E-state index in [0.29, 0.717) is 23.7 Å². The molecule has 2 heterocycles. The quantitative estimate of drug-likeness (QED) is 0.596. The maximum Gasteiger partial charge on any atom is 0.349 e. The summed E-state index contributed by atoms with van der Waals surface area (Å²) < 4.78 is 5.34. The van der Waals surface area contributed by atoms with Crippen molar-refractivity contribution in [2.45, 2.75) is 25.2 Å². The first-order valence-electron chi connectivity index (χ1n) is 9.19. The van der Waals surface area contributed by atoms with Crippen LogP contribution in [-0.2, 0) is 0 Å². The zero-order valence-electron chi connectivity index (χ0n) is 14.9. The van der Waals surface area contributed by atoms with Gasteiger partial charge in [0.05, 0.1) is 0 Å². The minimum atomic E-state index is -0.578. The maximum atomic E-state index is 13.1. The molecule has 0 aliphatic carbocycles. The van der Waals surface area contributed by atoms with Crippen LogP contribution in [0.1, 0.15) is 41.1 Å². The number of halogens is 1. The summed E-state index contributed by atoms with van der Waals surface area (Å²) in [5.74, 6) is -0.0171. The molecule has 0 radical (unpaired) electrons. The third kappa shape index (κ3) is 3.76. The fourth-order valence-electron chi connectivity index (χ4n) is 3.71.